The molecule has 84 valence electrons. The average molecular weight is 225 g/mol. The first kappa shape index (κ1) is 11.1. The highest BCUT2D eigenvalue weighted by atomic mass is 32.2. The van der Waals surface area contributed by atoms with E-state index in [2.05, 4.69) is 18.5 Å². The highest BCUT2D eigenvalue weighted by Crippen LogP contribution is 2.30. The van der Waals surface area contributed by atoms with Crippen molar-refractivity contribution in [3.05, 3.63) is 24.2 Å². The van der Waals surface area contributed by atoms with E-state index in [9.17, 15) is 0 Å². The standard InChI is InChI=1S/C12H19NOS/c1-9(11-6-4-8-14-11)13-10-5-3-7-12(10)15-2/h4,6,8-10,12-13H,3,5,7H2,1-2H3. The largest absolute Gasteiger partial charge is 0.468 e. The van der Waals surface area contributed by atoms with Gasteiger partial charge in [0.15, 0.2) is 0 Å². The Bertz CT molecular complexity index is 286. The lowest BCUT2D eigenvalue weighted by Gasteiger charge is -2.22. The molecule has 1 aliphatic rings. The predicted octanol–water partition coefficient (Wildman–Crippen LogP) is 3.21. The van der Waals surface area contributed by atoms with Crippen LogP contribution in [-0.4, -0.2) is 17.5 Å². The molecule has 1 saturated carbocycles. The molecule has 1 N–H and O–H groups in total. The highest BCUT2D eigenvalue weighted by Gasteiger charge is 2.27. The van der Waals surface area contributed by atoms with Gasteiger partial charge in [0.2, 0.25) is 0 Å². The zero-order valence-corrected chi connectivity index (χ0v) is 10.2. The van der Waals surface area contributed by atoms with Crippen molar-refractivity contribution in [1.82, 2.24) is 5.32 Å². The first-order valence-corrected chi connectivity index (χ1v) is 6.92. The second-order valence-corrected chi connectivity index (χ2v) is 5.29. The SMILES string of the molecule is CSC1CCCC1NC(C)c1ccco1. The zero-order valence-electron chi connectivity index (χ0n) is 9.40. The second kappa shape index (κ2) is 5.08. The molecule has 15 heavy (non-hydrogen) atoms. The van der Waals surface area contributed by atoms with Gasteiger partial charge in [0.1, 0.15) is 5.76 Å². The van der Waals surface area contributed by atoms with Crippen molar-refractivity contribution < 1.29 is 4.42 Å². The molecule has 3 unspecified atom stereocenters. The molecule has 1 heterocycles. The minimum Gasteiger partial charge on any atom is -0.468 e. The van der Waals surface area contributed by atoms with Crippen LogP contribution in [0, 0.1) is 0 Å². The van der Waals surface area contributed by atoms with Crippen molar-refractivity contribution in [2.45, 2.75) is 43.5 Å². The fraction of sp³-hybridized carbons (Fsp3) is 0.667. The molecule has 1 aromatic rings. The molecule has 2 nitrogen and oxygen atoms in total. The van der Waals surface area contributed by atoms with Crippen LogP contribution in [0.25, 0.3) is 0 Å². The maximum atomic E-state index is 5.41. The summed E-state index contributed by atoms with van der Waals surface area (Å²) in [5, 5.41) is 4.45. The molecular weight excluding hydrogens is 206 g/mol. The monoisotopic (exact) mass is 225 g/mol. The van der Waals surface area contributed by atoms with Crippen LogP contribution in [0.1, 0.15) is 38.0 Å². The number of nitrogens with one attached hydrogen (secondary N) is 1. The molecule has 1 aromatic heterocycles. The third-order valence-corrected chi connectivity index (χ3v) is 4.36. The van der Waals surface area contributed by atoms with Gasteiger partial charge >= 0.3 is 0 Å². The summed E-state index contributed by atoms with van der Waals surface area (Å²) in [6.45, 7) is 2.18. The number of thioether (sulfide) groups is 1. The van der Waals surface area contributed by atoms with Crippen molar-refractivity contribution in [3.8, 4) is 0 Å². The lowest BCUT2D eigenvalue weighted by atomic mass is 10.2. The fourth-order valence-electron chi connectivity index (χ4n) is 2.34. The van der Waals surface area contributed by atoms with Crippen LogP contribution in [0.5, 0.6) is 0 Å². The summed E-state index contributed by atoms with van der Waals surface area (Å²) in [7, 11) is 0. The van der Waals surface area contributed by atoms with Crippen LogP contribution < -0.4 is 5.32 Å². The van der Waals surface area contributed by atoms with Crippen molar-refractivity contribution >= 4 is 11.8 Å². The molecule has 1 aliphatic carbocycles. The summed E-state index contributed by atoms with van der Waals surface area (Å²) in [6, 6.07) is 4.98. The smallest absolute Gasteiger partial charge is 0.120 e. The average Bonchev–Trinajstić information content (AvgIpc) is 2.87. The van der Waals surface area contributed by atoms with Gasteiger partial charge in [-0.05, 0) is 38.2 Å². The lowest BCUT2D eigenvalue weighted by molar-refractivity contribution is 0.393. The van der Waals surface area contributed by atoms with Crippen molar-refractivity contribution in [3.63, 3.8) is 0 Å². The van der Waals surface area contributed by atoms with Gasteiger partial charge in [0.05, 0.1) is 12.3 Å². The van der Waals surface area contributed by atoms with Crippen LogP contribution in [0.3, 0.4) is 0 Å². The van der Waals surface area contributed by atoms with E-state index in [1.54, 1.807) is 6.26 Å². The summed E-state index contributed by atoms with van der Waals surface area (Å²) in [5.74, 6) is 1.04. The van der Waals surface area contributed by atoms with E-state index < -0.39 is 0 Å². The van der Waals surface area contributed by atoms with Gasteiger partial charge in [-0.1, -0.05) is 6.42 Å². The molecule has 0 radical (unpaired) electrons. The van der Waals surface area contributed by atoms with Gasteiger partial charge < -0.3 is 9.73 Å². The molecular formula is C12H19NOS. The minimum atomic E-state index is 0.331. The Morgan fingerprint density at radius 2 is 2.40 bits per heavy atom. The quantitative estimate of drug-likeness (QED) is 0.851. The maximum Gasteiger partial charge on any atom is 0.120 e. The highest BCUT2D eigenvalue weighted by molar-refractivity contribution is 7.99. The fourth-order valence-corrected chi connectivity index (χ4v) is 3.29. The minimum absolute atomic E-state index is 0.331. The van der Waals surface area contributed by atoms with Gasteiger partial charge in [-0.25, -0.2) is 0 Å². The molecule has 0 amide bonds. The molecule has 0 aromatic carbocycles. The number of furan rings is 1. The third kappa shape index (κ3) is 2.58. The predicted molar refractivity (Wildman–Crippen MR) is 65.2 cm³/mol. The Labute approximate surface area is 95.8 Å². The van der Waals surface area contributed by atoms with Crippen LogP contribution >= 0.6 is 11.8 Å². The van der Waals surface area contributed by atoms with E-state index in [1.165, 1.54) is 19.3 Å². The Balaban J connectivity index is 1.91. The molecule has 0 aliphatic heterocycles. The number of rotatable bonds is 4. The molecule has 0 spiro atoms. The van der Waals surface area contributed by atoms with Gasteiger partial charge in [0.25, 0.3) is 0 Å². The van der Waals surface area contributed by atoms with Crippen LogP contribution in [-0.2, 0) is 0 Å². The van der Waals surface area contributed by atoms with Crippen LogP contribution in [0.4, 0.5) is 0 Å². The molecule has 3 atom stereocenters. The van der Waals surface area contributed by atoms with Crippen molar-refractivity contribution in [2.75, 3.05) is 6.26 Å². The zero-order chi connectivity index (χ0) is 10.7. The molecule has 1 fully saturated rings. The van der Waals surface area contributed by atoms with Crippen LogP contribution in [0.15, 0.2) is 22.8 Å². The number of hydrogen-bond acceptors (Lipinski definition) is 3. The van der Waals surface area contributed by atoms with Crippen molar-refractivity contribution in [1.29, 1.82) is 0 Å². The van der Waals surface area contributed by atoms with Gasteiger partial charge in [-0.3, -0.25) is 0 Å². The Morgan fingerprint density at radius 3 is 3.07 bits per heavy atom. The van der Waals surface area contributed by atoms with E-state index >= 15 is 0 Å². The topological polar surface area (TPSA) is 25.2 Å². The molecule has 3 heteroatoms. The first-order chi connectivity index (χ1) is 7.31. The molecule has 2 rings (SSSR count). The van der Waals surface area contributed by atoms with E-state index in [4.69, 9.17) is 4.42 Å². The lowest BCUT2D eigenvalue weighted by Crippen LogP contribution is -2.35. The van der Waals surface area contributed by atoms with Crippen molar-refractivity contribution in [2.24, 2.45) is 0 Å². The second-order valence-electron chi connectivity index (χ2n) is 4.22. The molecule has 0 saturated heterocycles. The van der Waals surface area contributed by atoms with Gasteiger partial charge in [-0.15, -0.1) is 0 Å². The normalized spacial score (nSPS) is 28.1. The first-order valence-electron chi connectivity index (χ1n) is 5.63. The summed E-state index contributed by atoms with van der Waals surface area (Å²) in [5.41, 5.74) is 0. The number of hydrogen-bond donors (Lipinski definition) is 1. The maximum absolute atomic E-state index is 5.41. The Morgan fingerprint density at radius 1 is 1.53 bits per heavy atom. The summed E-state index contributed by atoms with van der Waals surface area (Å²) >= 11 is 1.99. The van der Waals surface area contributed by atoms with E-state index in [1.807, 2.05) is 23.9 Å². The van der Waals surface area contributed by atoms with Crippen LogP contribution in [0.2, 0.25) is 0 Å². The van der Waals surface area contributed by atoms with Gasteiger partial charge in [-0.2, -0.15) is 11.8 Å². The summed E-state index contributed by atoms with van der Waals surface area (Å²) in [4.78, 5) is 0. The molecule has 0 bridgehead atoms. The summed E-state index contributed by atoms with van der Waals surface area (Å²) in [6.07, 6.45) is 7.96. The van der Waals surface area contributed by atoms with Gasteiger partial charge in [0, 0.05) is 11.3 Å². The van der Waals surface area contributed by atoms with E-state index in [0.717, 1.165) is 11.0 Å². The van der Waals surface area contributed by atoms with E-state index in [0.29, 0.717) is 12.1 Å². The third-order valence-electron chi connectivity index (χ3n) is 3.19. The Kier molecular flexibility index (Phi) is 3.76. The Hall–Kier alpha value is -0.410. The summed E-state index contributed by atoms with van der Waals surface area (Å²) < 4.78 is 5.41. The van der Waals surface area contributed by atoms with E-state index in [-0.39, 0.29) is 0 Å².